The smallest absolute Gasteiger partial charge is 0.264 e. The van der Waals surface area contributed by atoms with Crippen molar-refractivity contribution < 1.29 is 14.3 Å². The minimum absolute atomic E-state index is 0.0536. The summed E-state index contributed by atoms with van der Waals surface area (Å²) in [6.07, 6.45) is 0.130. The van der Waals surface area contributed by atoms with Crippen molar-refractivity contribution in [1.29, 1.82) is 0 Å². The Hall–Kier alpha value is -3.74. The molecule has 3 aromatic rings. The molecule has 0 saturated heterocycles. The second-order valence-electron chi connectivity index (χ2n) is 6.06. The van der Waals surface area contributed by atoms with E-state index in [4.69, 9.17) is 4.74 Å². The van der Waals surface area contributed by atoms with Gasteiger partial charge in [-0.2, -0.15) is 5.10 Å². The van der Waals surface area contributed by atoms with Crippen molar-refractivity contribution in [3.63, 3.8) is 0 Å². The van der Waals surface area contributed by atoms with E-state index < -0.39 is 0 Å². The summed E-state index contributed by atoms with van der Waals surface area (Å²) in [6, 6.07) is 17.0. The molecule has 7 nitrogen and oxygen atoms in total. The van der Waals surface area contributed by atoms with Crippen molar-refractivity contribution in [2.75, 3.05) is 12.4 Å². The summed E-state index contributed by atoms with van der Waals surface area (Å²) in [5.74, 6) is 0.0719. The Balaban J connectivity index is 1.62. The monoisotopic (exact) mass is 377 g/mol. The number of carbonyl (C=O) groups is 2. The van der Waals surface area contributed by atoms with Crippen LogP contribution in [0.5, 0.6) is 5.75 Å². The number of methoxy groups -OCH3 is 1. The fourth-order valence-electron chi connectivity index (χ4n) is 2.72. The summed E-state index contributed by atoms with van der Waals surface area (Å²) in [4.78, 5) is 35.7. The summed E-state index contributed by atoms with van der Waals surface area (Å²) in [5, 5.41) is 9.12. The second-order valence-corrected chi connectivity index (χ2v) is 6.06. The summed E-state index contributed by atoms with van der Waals surface area (Å²) < 4.78 is 5.18. The molecule has 2 aromatic carbocycles. The molecule has 0 radical (unpaired) electrons. The lowest BCUT2D eigenvalue weighted by Gasteiger charge is -2.08. The number of aromatic amines is 1. The SMILES string of the molecule is COc1ccccc1C(=O)CCC(=O)Nc1cccc(-c2ccc(=O)[nH]n2)c1. The van der Waals surface area contributed by atoms with Gasteiger partial charge in [-0.1, -0.05) is 24.3 Å². The van der Waals surface area contributed by atoms with Crippen LogP contribution < -0.4 is 15.6 Å². The molecule has 0 bridgehead atoms. The highest BCUT2D eigenvalue weighted by Crippen LogP contribution is 2.21. The zero-order chi connectivity index (χ0) is 19.9. The van der Waals surface area contributed by atoms with Crippen LogP contribution in [0.1, 0.15) is 23.2 Å². The van der Waals surface area contributed by atoms with E-state index in [1.165, 1.54) is 13.2 Å². The van der Waals surface area contributed by atoms with E-state index in [1.54, 1.807) is 48.5 Å². The molecule has 0 aliphatic carbocycles. The first-order valence-corrected chi connectivity index (χ1v) is 8.69. The van der Waals surface area contributed by atoms with Gasteiger partial charge in [-0.25, -0.2) is 5.10 Å². The lowest BCUT2D eigenvalue weighted by molar-refractivity contribution is -0.116. The summed E-state index contributed by atoms with van der Waals surface area (Å²) in [6.45, 7) is 0. The molecule has 0 unspecified atom stereocenters. The van der Waals surface area contributed by atoms with E-state index in [9.17, 15) is 14.4 Å². The molecule has 7 heteroatoms. The van der Waals surface area contributed by atoms with Crippen LogP contribution in [0.3, 0.4) is 0 Å². The molecule has 0 aliphatic rings. The average molecular weight is 377 g/mol. The number of para-hydroxylation sites is 1. The van der Waals surface area contributed by atoms with Crippen molar-refractivity contribution in [2.45, 2.75) is 12.8 Å². The van der Waals surface area contributed by atoms with Gasteiger partial charge in [-0.15, -0.1) is 0 Å². The van der Waals surface area contributed by atoms with Gasteiger partial charge in [0.1, 0.15) is 5.75 Å². The van der Waals surface area contributed by atoms with Crippen LogP contribution in [-0.2, 0) is 4.79 Å². The van der Waals surface area contributed by atoms with Crippen LogP contribution in [0.25, 0.3) is 11.3 Å². The van der Waals surface area contributed by atoms with E-state index in [2.05, 4.69) is 15.5 Å². The number of hydrogen-bond acceptors (Lipinski definition) is 5. The Morgan fingerprint density at radius 1 is 1.04 bits per heavy atom. The number of aromatic nitrogens is 2. The first-order chi connectivity index (χ1) is 13.6. The molecule has 3 rings (SSSR count). The predicted molar refractivity (Wildman–Crippen MR) is 105 cm³/mol. The van der Waals surface area contributed by atoms with E-state index in [0.29, 0.717) is 22.7 Å². The summed E-state index contributed by atoms with van der Waals surface area (Å²) in [7, 11) is 1.50. The number of benzene rings is 2. The fraction of sp³-hybridized carbons (Fsp3) is 0.143. The normalized spacial score (nSPS) is 10.3. The third-order valence-electron chi connectivity index (χ3n) is 4.11. The van der Waals surface area contributed by atoms with Crippen LogP contribution in [0.4, 0.5) is 5.69 Å². The van der Waals surface area contributed by atoms with Gasteiger partial charge in [0.05, 0.1) is 18.4 Å². The minimum Gasteiger partial charge on any atom is -0.496 e. The number of ether oxygens (including phenoxy) is 1. The number of hydrogen-bond donors (Lipinski definition) is 2. The van der Waals surface area contributed by atoms with E-state index in [0.717, 1.165) is 5.56 Å². The van der Waals surface area contributed by atoms with Gasteiger partial charge >= 0.3 is 0 Å². The summed E-state index contributed by atoms with van der Waals surface area (Å²) >= 11 is 0. The van der Waals surface area contributed by atoms with Gasteiger partial charge in [0.15, 0.2) is 5.78 Å². The molecule has 0 fully saturated rings. The average Bonchev–Trinajstić information content (AvgIpc) is 2.72. The molecule has 0 saturated carbocycles. The van der Waals surface area contributed by atoms with Gasteiger partial charge in [0.25, 0.3) is 5.56 Å². The van der Waals surface area contributed by atoms with Crippen molar-refractivity contribution in [3.8, 4) is 17.0 Å². The molecular formula is C21H19N3O4. The lowest BCUT2D eigenvalue weighted by atomic mass is 10.1. The fourth-order valence-corrected chi connectivity index (χ4v) is 2.72. The van der Waals surface area contributed by atoms with Crippen LogP contribution in [0.15, 0.2) is 65.5 Å². The molecule has 142 valence electrons. The molecule has 28 heavy (non-hydrogen) atoms. The molecule has 2 N–H and O–H groups in total. The maximum absolute atomic E-state index is 12.4. The first kappa shape index (κ1) is 19.0. The third-order valence-corrected chi connectivity index (χ3v) is 4.11. The molecule has 0 aliphatic heterocycles. The number of nitrogens with one attached hydrogen (secondary N) is 2. The molecule has 1 aromatic heterocycles. The van der Waals surface area contributed by atoms with Crippen LogP contribution in [0.2, 0.25) is 0 Å². The van der Waals surface area contributed by atoms with Crippen LogP contribution >= 0.6 is 0 Å². The maximum atomic E-state index is 12.4. The van der Waals surface area contributed by atoms with E-state index in [-0.39, 0.29) is 30.1 Å². The minimum atomic E-state index is -0.284. The number of Topliss-reactive ketones (excluding diaryl/α,β-unsaturated/α-hetero) is 1. The van der Waals surface area contributed by atoms with Crippen molar-refractivity contribution in [1.82, 2.24) is 10.2 Å². The van der Waals surface area contributed by atoms with Crippen molar-refractivity contribution in [2.24, 2.45) is 0 Å². The highest BCUT2D eigenvalue weighted by atomic mass is 16.5. The number of rotatable bonds is 7. The van der Waals surface area contributed by atoms with Crippen molar-refractivity contribution in [3.05, 3.63) is 76.6 Å². The third kappa shape index (κ3) is 4.70. The van der Waals surface area contributed by atoms with E-state index in [1.807, 2.05) is 6.07 Å². The predicted octanol–water partition coefficient (Wildman–Crippen LogP) is 3.05. The number of amides is 1. The first-order valence-electron chi connectivity index (χ1n) is 8.69. The molecule has 0 spiro atoms. The Labute approximate surface area is 161 Å². The number of anilines is 1. The highest BCUT2D eigenvalue weighted by molar-refractivity contribution is 6.01. The van der Waals surface area contributed by atoms with Crippen molar-refractivity contribution >= 4 is 17.4 Å². The quantitative estimate of drug-likeness (QED) is 0.616. The number of ketones is 1. The van der Waals surface area contributed by atoms with Gasteiger partial charge in [0.2, 0.25) is 5.91 Å². The number of H-pyrrole nitrogens is 1. The van der Waals surface area contributed by atoms with Gasteiger partial charge in [-0.3, -0.25) is 14.4 Å². The Kier molecular flexibility index (Phi) is 5.96. The Morgan fingerprint density at radius 3 is 2.61 bits per heavy atom. The van der Waals surface area contributed by atoms with Gasteiger partial charge in [0, 0.05) is 30.2 Å². The zero-order valence-electron chi connectivity index (χ0n) is 15.3. The highest BCUT2D eigenvalue weighted by Gasteiger charge is 2.13. The zero-order valence-corrected chi connectivity index (χ0v) is 15.3. The van der Waals surface area contributed by atoms with E-state index >= 15 is 0 Å². The summed E-state index contributed by atoms with van der Waals surface area (Å²) in [5.41, 5.74) is 2.10. The molecule has 1 heterocycles. The van der Waals surface area contributed by atoms with Gasteiger partial charge < -0.3 is 10.1 Å². The largest absolute Gasteiger partial charge is 0.496 e. The molecular weight excluding hydrogens is 358 g/mol. The standard InChI is InChI=1S/C21H19N3O4/c1-28-19-8-3-2-7-16(19)18(25)10-12-20(26)22-15-6-4-5-14(13-15)17-9-11-21(27)24-23-17/h2-9,11,13H,10,12H2,1H3,(H,22,26)(H,24,27). The number of nitrogens with zero attached hydrogens (tertiary/aromatic N) is 1. The topological polar surface area (TPSA) is 101 Å². The molecule has 0 atom stereocenters. The lowest BCUT2D eigenvalue weighted by Crippen LogP contribution is -2.14. The second kappa shape index (κ2) is 8.77. The maximum Gasteiger partial charge on any atom is 0.264 e. The molecule has 1 amide bonds. The number of carbonyl (C=O) groups excluding carboxylic acids is 2. The van der Waals surface area contributed by atoms with Crippen LogP contribution in [-0.4, -0.2) is 29.0 Å². The Morgan fingerprint density at radius 2 is 1.86 bits per heavy atom. The Bertz CT molecular complexity index is 1040. The van der Waals surface area contributed by atoms with Gasteiger partial charge in [-0.05, 0) is 30.3 Å². The van der Waals surface area contributed by atoms with Crippen LogP contribution in [0, 0.1) is 0 Å².